The number of alkyl halides is 1. The van der Waals surface area contributed by atoms with Crippen molar-refractivity contribution in [2.75, 3.05) is 52.6 Å². The van der Waals surface area contributed by atoms with Crippen LogP contribution in [-0.2, 0) is 9.47 Å². The van der Waals surface area contributed by atoms with Crippen LogP contribution >= 0.6 is 11.6 Å². The van der Waals surface area contributed by atoms with E-state index in [1.807, 2.05) is 0 Å². The van der Waals surface area contributed by atoms with Crippen molar-refractivity contribution in [3.8, 4) is 0 Å². The number of ether oxygens (including phenoxy) is 2. The fourth-order valence-corrected chi connectivity index (χ4v) is 4.68. The van der Waals surface area contributed by atoms with Crippen LogP contribution in [0.25, 0.3) is 0 Å². The molecule has 150 valence electrons. The number of halogens is 1. The largest absolute Gasteiger partial charge is 0.379 e. The van der Waals surface area contributed by atoms with E-state index in [2.05, 4.69) is 60.9 Å². The number of rotatable bonds is 6. The molecule has 27 heavy (non-hydrogen) atoms. The van der Waals surface area contributed by atoms with Gasteiger partial charge >= 0.3 is 0 Å². The Hall–Kier alpha value is -0.910. The number of hydrogen-bond acceptors (Lipinski definition) is 4. The van der Waals surface area contributed by atoms with E-state index >= 15 is 0 Å². The Bertz CT molecular complexity index is 620. The zero-order chi connectivity index (χ0) is 19.3. The molecule has 0 N–H and O–H groups in total. The maximum Gasteiger partial charge on any atom is 0.117 e. The molecule has 3 rings (SSSR count). The molecular formula is C22H33ClN2O2. The van der Waals surface area contributed by atoms with E-state index in [1.165, 1.54) is 16.7 Å². The molecule has 1 aromatic rings. The topological polar surface area (TPSA) is 24.9 Å². The van der Waals surface area contributed by atoms with Gasteiger partial charge in [0.05, 0.1) is 32.5 Å². The first-order valence-corrected chi connectivity index (χ1v) is 10.5. The molecule has 0 aromatic heterocycles. The van der Waals surface area contributed by atoms with Crippen LogP contribution in [0.1, 0.15) is 38.8 Å². The minimum absolute atomic E-state index is 0.167. The fourth-order valence-electron chi connectivity index (χ4n) is 4.25. The number of hydrogen-bond donors (Lipinski definition) is 0. The number of benzene rings is 1. The summed E-state index contributed by atoms with van der Waals surface area (Å²) in [5.74, 6) is 0. The Kier molecular flexibility index (Phi) is 7.35. The van der Waals surface area contributed by atoms with Crippen molar-refractivity contribution in [1.29, 1.82) is 0 Å². The quantitative estimate of drug-likeness (QED) is 0.414. The van der Waals surface area contributed by atoms with E-state index in [0.29, 0.717) is 0 Å². The highest BCUT2D eigenvalue weighted by molar-refractivity contribution is 6.25. The molecule has 2 unspecified atom stereocenters. The lowest BCUT2D eigenvalue weighted by Gasteiger charge is -2.47. The zero-order valence-corrected chi connectivity index (χ0v) is 17.7. The van der Waals surface area contributed by atoms with Crippen molar-refractivity contribution >= 4 is 11.6 Å². The van der Waals surface area contributed by atoms with Gasteiger partial charge in [-0.2, -0.15) is 0 Å². The van der Waals surface area contributed by atoms with Crippen molar-refractivity contribution < 1.29 is 9.47 Å². The Labute approximate surface area is 169 Å². The maximum absolute atomic E-state index is 7.37. The molecule has 2 fully saturated rings. The van der Waals surface area contributed by atoms with E-state index in [-0.39, 0.29) is 6.04 Å². The van der Waals surface area contributed by atoms with Gasteiger partial charge in [0.1, 0.15) is 5.00 Å². The third-order valence-electron chi connectivity index (χ3n) is 5.89. The number of allylic oxidation sites excluding steroid dienone is 1. The second kappa shape index (κ2) is 9.53. The van der Waals surface area contributed by atoms with Crippen LogP contribution in [0, 0.1) is 0 Å². The number of morpholine rings is 2. The van der Waals surface area contributed by atoms with Gasteiger partial charge in [0, 0.05) is 26.2 Å². The molecule has 2 aliphatic rings. The summed E-state index contributed by atoms with van der Waals surface area (Å²) < 4.78 is 11.2. The third-order valence-corrected chi connectivity index (χ3v) is 6.33. The Morgan fingerprint density at radius 2 is 1.59 bits per heavy atom. The molecule has 0 saturated carbocycles. The lowest BCUT2D eigenvalue weighted by Crippen LogP contribution is -2.53. The van der Waals surface area contributed by atoms with Crippen LogP contribution in [0.15, 0.2) is 41.5 Å². The predicted octanol–water partition coefficient (Wildman–Crippen LogP) is 4.07. The van der Waals surface area contributed by atoms with Gasteiger partial charge in [0.2, 0.25) is 0 Å². The van der Waals surface area contributed by atoms with Crippen molar-refractivity contribution in [1.82, 2.24) is 9.80 Å². The first-order valence-electron chi connectivity index (χ1n) is 10.1. The highest BCUT2D eigenvalue weighted by atomic mass is 35.5. The predicted molar refractivity (Wildman–Crippen MR) is 111 cm³/mol. The second-order valence-corrected chi connectivity index (χ2v) is 8.30. The van der Waals surface area contributed by atoms with Crippen LogP contribution < -0.4 is 0 Å². The van der Waals surface area contributed by atoms with E-state index in [4.69, 9.17) is 21.1 Å². The van der Waals surface area contributed by atoms with Gasteiger partial charge < -0.3 is 9.47 Å². The van der Waals surface area contributed by atoms with Gasteiger partial charge in [-0.1, -0.05) is 54.4 Å². The highest BCUT2D eigenvalue weighted by Gasteiger charge is 2.41. The summed E-state index contributed by atoms with van der Waals surface area (Å²) in [6, 6.07) is 11.0. The minimum atomic E-state index is -0.539. The van der Waals surface area contributed by atoms with Gasteiger partial charge in [-0.3, -0.25) is 9.80 Å². The van der Waals surface area contributed by atoms with Gasteiger partial charge in [0.25, 0.3) is 0 Å². The van der Waals surface area contributed by atoms with Crippen LogP contribution in [-0.4, -0.2) is 67.4 Å². The zero-order valence-electron chi connectivity index (χ0n) is 16.9. The normalized spacial score (nSPS) is 24.1. The standard InChI is InChI=1S/C22H33ClN2O2/c1-4-18(2)20(22(3,23)25-12-16-27-17-13-25)21(19-8-6-5-7-9-19)24-10-14-26-15-11-24/h5-9,21H,4,10-17H2,1-3H3/b20-18-. The molecule has 1 aromatic carbocycles. The lowest BCUT2D eigenvalue weighted by molar-refractivity contribution is 0.00234. The summed E-state index contributed by atoms with van der Waals surface area (Å²) in [4.78, 5) is 4.38. The molecule has 0 aliphatic carbocycles. The fraction of sp³-hybridized carbons (Fsp3) is 0.636. The van der Waals surface area contributed by atoms with Crippen LogP contribution in [0.4, 0.5) is 0 Å². The average Bonchev–Trinajstić information content (AvgIpc) is 2.73. The molecule has 0 spiro atoms. The molecular weight excluding hydrogens is 360 g/mol. The smallest absolute Gasteiger partial charge is 0.117 e. The van der Waals surface area contributed by atoms with Crippen molar-refractivity contribution in [3.63, 3.8) is 0 Å². The molecule has 4 nitrogen and oxygen atoms in total. The van der Waals surface area contributed by atoms with Gasteiger partial charge in [-0.15, -0.1) is 0 Å². The Morgan fingerprint density at radius 1 is 1.04 bits per heavy atom. The maximum atomic E-state index is 7.37. The third kappa shape index (κ3) is 4.75. The molecule has 2 saturated heterocycles. The number of nitrogens with zero attached hydrogens (tertiary/aromatic N) is 2. The Morgan fingerprint density at radius 3 is 2.15 bits per heavy atom. The summed E-state index contributed by atoms with van der Waals surface area (Å²) in [5.41, 5.74) is 4.00. The van der Waals surface area contributed by atoms with E-state index in [9.17, 15) is 0 Å². The lowest BCUT2D eigenvalue weighted by atomic mass is 9.86. The van der Waals surface area contributed by atoms with Gasteiger partial charge in [0.15, 0.2) is 0 Å². The first-order chi connectivity index (χ1) is 13.1. The summed E-state index contributed by atoms with van der Waals surface area (Å²) in [6.45, 7) is 13.3. The summed E-state index contributed by atoms with van der Waals surface area (Å²) in [7, 11) is 0. The van der Waals surface area contributed by atoms with E-state index in [1.54, 1.807) is 0 Å². The molecule has 0 bridgehead atoms. The summed E-state index contributed by atoms with van der Waals surface area (Å²) >= 11 is 7.37. The molecule has 5 heteroatoms. The minimum Gasteiger partial charge on any atom is -0.379 e. The molecule has 0 amide bonds. The van der Waals surface area contributed by atoms with Crippen LogP contribution in [0.3, 0.4) is 0 Å². The molecule has 2 heterocycles. The van der Waals surface area contributed by atoms with E-state index < -0.39 is 5.00 Å². The van der Waals surface area contributed by atoms with Crippen LogP contribution in [0.5, 0.6) is 0 Å². The Balaban J connectivity index is 2.05. The van der Waals surface area contributed by atoms with Crippen molar-refractivity contribution in [2.45, 2.75) is 38.2 Å². The van der Waals surface area contributed by atoms with Gasteiger partial charge in [-0.25, -0.2) is 0 Å². The van der Waals surface area contributed by atoms with Gasteiger partial charge in [-0.05, 0) is 31.4 Å². The molecule has 2 aliphatic heterocycles. The summed E-state index contributed by atoms with van der Waals surface area (Å²) in [5, 5.41) is 0. The highest BCUT2D eigenvalue weighted by Crippen LogP contribution is 2.43. The van der Waals surface area contributed by atoms with E-state index in [0.717, 1.165) is 59.0 Å². The molecule has 0 radical (unpaired) electrons. The van der Waals surface area contributed by atoms with Crippen molar-refractivity contribution in [2.24, 2.45) is 0 Å². The summed E-state index contributed by atoms with van der Waals surface area (Å²) in [6.07, 6.45) is 0.996. The monoisotopic (exact) mass is 392 g/mol. The molecule has 2 atom stereocenters. The SMILES string of the molecule is CC/C(C)=C(/C(c1ccccc1)N1CCOCC1)C(C)(Cl)N1CCOCC1. The second-order valence-electron chi connectivity index (χ2n) is 7.56. The average molecular weight is 393 g/mol. The van der Waals surface area contributed by atoms with Crippen LogP contribution in [0.2, 0.25) is 0 Å². The first kappa shape index (κ1) is 20.8. The van der Waals surface area contributed by atoms with Crippen molar-refractivity contribution in [3.05, 3.63) is 47.0 Å².